The first-order valence-electron chi connectivity index (χ1n) is 8.33. The van der Waals surface area contributed by atoms with Crippen molar-refractivity contribution in [2.24, 2.45) is 0 Å². The molecule has 2 amide bonds. The summed E-state index contributed by atoms with van der Waals surface area (Å²) >= 11 is 5.09. The lowest BCUT2D eigenvalue weighted by atomic mass is 10.1. The number of anilines is 1. The molecule has 0 unspecified atom stereocenters. The van der Waals surface area contributed by atoms with Gasteiger partial charge in [-0.05, 0) is 58.4 Å². The molecule has 0 aromatic carbocycles. The molecule has 25 heavy (non-hydrogen) atoms. The molecule has 0 saturated heterocycles. The first kappa shape index (κ1) is 18.1. The molecule has 2 aromatic rings. The van der Waals surface area contributed by atoms with Crippen molar-refractivity contribution in [3.05, 3.63) is 44.7 Å². The predicted molar refractivity (Wildman–Crippen MR) is 103 cm³/mol. The van der Waals surface area contributed by atoms with E-state index < -0.39 is 0 Å². The van der Waals surface area contributed by atoms with E-state index in [1.54, 1.807) is 28.5 Å². The molecule has 3 rings (SSSR count). The van der Waals surface area contributed by atoms with Crippen molar-refractivity contribution in [3.63, 3.8) is 0 Å². The molecule has 0 aliphatic carbocycles. The van der Waals surface area contributed by atoms with E-state index in [0.717, 1.165) is 17.4 Å². The predicted octanol–water partition coefficient (Wildman–Crippen LogP) is 3.62. The highest BCUT2D eigenvalue weighted by Crippen LogP contribution is 2.24. The van der Waals surface area contributed by atoms with Crippen molar-refractivity contribution in [3.8, 4) is 0 Å². The van der Waals surface area contributed by atoms with E-state index in [2.05, 4.69) is 32.4 Å². The van der Waals surface area contributed by atoms with Gasteiger partial charge < -0.3 is 4.90 Å². The zero-order chi connectivity index (χ0) is 17.8. The number of pyridine rings is 1. The fraction of sp³-hybridized carbons (Fsp3) is 0.389. The molecule has 7 heteroatoms. The van der Waals surface area contributed by atoms with Gasteiger partial charge in [-0.1, -0.05) is 0 Å². The van der Waals surface area contributed by atoms with Gasteiger partial charge in [-0.25, -0.2) is 4.98 Å². The van der Waals surface area contributed by atoms with E-state index in [9.17, 15) is 9.59 Å². The molecule has 1 aliphatic heterocycles. The van der Waals surface area contributed by atoms with Gasteiger partial charge in [0.15, 0.2) is 0 Å². The topological polar surface area (TPSA) is 53.5 Å². The summed E-state index contributed by atoms with van der Waals surface area (Å²) in [4.78, 5) is 34.1. The number of carbonyl (C=O) groups excluding carboxylic acids is 2. The molecule has 2 aromatic heterocycles. The van der Waals surface area contributed by atoms with Crippen LogP contribution in [0.25, 0.3) is 0 Å². The van der Waals surface area contributed by atoms with Crippen LogP contribution in [0.3, 0.4) is 0 Å². The van der Waals surface area contributed by atoms with E-state index in [1.807, 2.05) is 17.9 Å². The van der Waals surface area contributed by atoms with Crippen LogP contribution < -0.4 is 4.90 Å². The number of nitrogens with zero attached hydrogens (tertiary/aromatic N) is 3. The largest absolute Gasteiger partial charge is 0.338 e. The first-order chi connectivity index (χ1) is 12.1. The lowest BCUT2D eigenvalue weighted by Gasteiger charge is -2.27. The number of rotatable bonds is 5. The summed E-state index contributed by atoms with van der Waals surface area (Å²) in [6.07, 6.45) is 3.03. The van der Waals surface area contributed by atoms with E-state index in [1.165, 1.54) is 10.4 Å². The van der Waals surface area contributed by atoms with Crippen LogP contribution in [0, 0.1) is 0 Å². The maximum atomic E-state index is 12.5. The summed E-state index contributed by atoms with van der Waals surface area (Å²) in [6.45, 7) is 3.85. The standard InChI is InChI=1S/C18H20BrN3O2S/c1-2-22(16-4-3-14(19)11-20-16)18(24)6-5-17(23)21-9-7-15-13(12-21)8-10-25-15/h3-4,8,10-11H,2,5-7,9,12H2,1H3. The lowest BCUT2D eigenvalue weighted by molar-refractivity contribution is -0.134. The summed E-state index contributed by atoms with van der Waals surface area (Å²) in [5.74, 6) is 0.591. The number of amides is 2. The highest BCUT2D eigenvalue weighted by molar-refractivity contribution is 9.10. The third-order valence-electron chi connectivity index (χ3n) is 4.32. The quantitative estimate of drug-likeness (QED) is 0.740. The number of carbonyl (C=O) groups is 2. The fourth-order valence-electron chi connectivity index (χ4n) is 2.96. The Balaban J connectivity index is 1.56. The van der Waals surface area contributed by atoms with E-state index in [-0.39, 0.29) is 24.7 Å². The Bertz CT molecular complexity index is 760. The Hall–Kier alpha value is -1.73. The van der Waals surface area contributed by atoms with Crippen molar-refractivity contribution in [1.82, 2.24) is 9.88 Å². The monoisotopic (exact) mass is 421 g/mol. The second kappa shape index (κ2) is 8.10. The molecule has 132 valence electrons. The SMILES string of the molecule is CCN(C(=O)CCC(=O)N1CCc2sccc2C1)c1ccc(Br)cn1. The first-order valence-corrected chi connectivity index (χ1v) is 10.0. The minimum absolute atomic E-state index is 0.0463. The minimum atomic E-state index is -0.0705. The number of fused-ring (bicyclic) bond motifs is 1. The van der Waals surface area contributed by atoms with Crippen LogP contribution in [0.2, 0.25) is 0 Å². The third-order valence-corrected chi connectivity index (χ3v) is 5.81. The van der Waals surface area contributed by atoms with Crippen molar-refractivity contribution in [2.45, 2.75) is 32.7 Å². The summed E-state index contributed by atoms with van der Waals surface area (Å²) in [5.41, 5.74) is 1.24. The average molecular weight is 422 g/mol. The maximum Gasteiger partial charge on any atom is 0.228 e. The van der Waals surface area contributed by atoms with Gasteiger partial charge in [-0.3, -0.25) is 14.5 Å². The fourth-order valence-corrected chi connectivity index (χ4v) is 4.09. The molecule has 0 N–H and O–H groups in total. The van der Waals surface area contributed by atoms with Gasteiger partial charge in [0.25, 0.3) is 0 Å². The summed E-state index contributed by atoms with van der Waals surface area (Å²) < 4.78 is 0.868. The Kier molecular flexibility index (Phi) is 5.86. The Labute approximate surface area is 159 Å². The maximum absolute atomic E-state index is 12.5. The Morgan fingerprint density at radius 3 is 2.88 bits per heavy atom. The van der Waals surface area contributed by atoms with Crippen LogP contribution in [0.1, 0.15) is 30.2 Å². The normalized spacial score (nSPS) is 13.4. The van der Waals surface area contributed by atoms with Gasteiger partial charge in [0, 0.05) is 48.0 Å². The summed E-state index contributed by atoms with van der Waals surface area (Å²) in [6, 6.07) is 5.74. The Morgan fingerprint density at radius 1 is 1.32 bits per heavy atom. The zero-order valence-corrected chi connectivity index (χ0v) is 16.5. The Morgan fingerprint density at radius 2 is 2.16 bits per heavy atom. The highest BCUT2D eigenvalue weighted by Gasteiger charge is 2.23. The van der Waals surface area contributed by atoms with E-state index in [0.29, 0.717) is 18.9 Å². The van der Waals surface area contributed by atoms with Crippen molar-refractivity contribution < 1.29 is 9.59 Å². The molecule has 5 nitrogen and oxygen atoms in total. The summed E-state index contributed by atoms with van der Waals surface area (Å²) in [5, 5.41) is 2.08. The smallest absolute Gasteiger partial charge is 0.228 e. The molecule has 0 atom stereocenters. The minimum Gasteiger partial charge on any atom is -0.338 e. The second-order valence-electron chi connectivity index (χ2n) is 5.91. The van der Waals surface area contributed by atoms with Crippen molar-refractivity contribution in [1.29, 1.82) is 0 Å². The van der Waals surface area contributed by atoms with Gasteiger partial charge in [-0.2, -0.15) is 0 Å². The molecule has 0 saturated carbocycles. The highest BCUT2D eigenvalue weighted by atomic mass is 79.9. The number of thiophene rings is 1. The van der Waals surface area contributed by atoms with E-state index >= 15 is 0 Å². The number of aromatic nitrogens is 1. The van der Waals surface area contributed by atoms with Crippen LogP contribution in [0.15, 0.2) is 34.2 Å². The second-order valence-corrected chi connectivity index (χ2v) is 7.82. The van der Waals surface area contributed by atoms with Gasteiger partial charge in [0.1, 0.15) is 5.82 Å². The number of hydrogen-bond acceptors (Lipinski definition) is 4. The third kappa shape index (κ3) is 4.27. The lowest BCUT2D eigenvalue weighted by Crippen LogP contribution is -2.37. The van der Waals surface area contributed by atoms with Gasteiger partial charge in [0.2, 0.25) is 11.8 Å². The molecular formula is C18H20BrN3O2S. The van der Waals surface area contributed by atoms with Gasteiger partial charge >= 0.3 is 0 Å². The van der Waals surface area contributed by atoms with Crippen LogP contribution in [0.4, 0.5) is 5.82 Å². The number of halogens is 1. The molecular weight excluding hydrogens is 402 g/mol. The summed E-state index contributed by atoms with van der Waals surface area (Å²) in [7, 11) is 0. The zero-order valence-electron chi connectivity index (χ0n) is 14.1. The van der Waals surface area contributed by atoms with Crippen LogP contribution >= 0.6 is 27.3 Å². The van der Waals surface area contributed by atoms with E-state index in [4.69, 9.17) is 0 Å². The average Bonchev–Trinajstić information content (AvgIpc) is 3.09. The van der Waals surface area contributed by atoms with Gasteiger partial charge in [0.05, 0.1) is 0 Å². The molecule has 0 spiro atoms. The molecule has 0 fully saturated rings. The molecule has 1 aliphatic rings. The molecule has 0 radical (unpaired) electrons. The number of hydrogen-bond donors (Lipinski definition) is 0. The van der Waals surface area contributed by atoms with Crippen LogP contribution in [-0.4, -0.2) is 34.8 Å². The van der Waals surface area contributed by atoms with Crippen LogP contribution in [0.5, 0.6) is 0 Å². The van der Waals surface area contributed by atoms with Crippen molar-refractivity contribution in [2.75, 3.05) is 18.0 Å². The van der Waals surface area contributed by atoms with Gasteiger partial charge in [-0.15, -0.1) is 11.3 Å². The van der Waals surface area contributed by atoms with Crippen LogP contribution in [-0.2, 0) is 22.6 Å². The molecule has 0 bridgehead atoms. The molecule has 3 heterocycles. The van der Waals surface area contributed by atoms with Crippen molar-refractivity contribution >= 4 is 44.9 Å².